The van der Waals surface area contributed by atoms with E-state index in [9.17, 15) is 4.79 Å². The predicted molar refractivity (Wildman–Crippen MR) is 72.1 cm³/mol. The van der Waals surface area contributed by atoms with E-state index >= 15 is 0 Å². The molecule has 0 saturated heterocycles. The third-order valence-electron chi connectivity index (χ3n) is 3.05. The summed E-state index contributed by atoms with van der Waals surface area (Å²) >= 11 is 0. The lowest BCUT2D eigenvalue weighted by Crippen LogP contribution is -2.18. The number of aromatic nitrogens is 2. The second-order valence-corrected chi connectivity index (χ2v) is 4.23. The molecule has 18 heavy (non-hydrogen) atoms. The molecule has 0 radical (unpaired) electrons. The van der Waals surface area contributed by atoms with Crippen LogP contribution in [0.15, 0.2) is 59.7 Å². The van der Waals surface area contributed by atoms with Gasteiger partial charge in [-0.2, -0.15) is 0 Å². The van der Waals surface area contributed by atoms with E-state index in [4.69, 9.17) is 0 Å². The normalized spacial score (nSPS) is 10.7. The quantitative estimate of drug-likeness (QED) is 0.651. The first kappa shape index (κ1) is 10.7. The lowest BCUT2D eigenvalue weighted by atomic mass is 10.1. The molecule has 0 atom stereocenters. The van der Waals surface area contributed by atoms with Gasteiger partial charge in [-0.25, -0.2) is 0 Å². The van der Waals surface area contributed by atoms with Crippen molar-refractivity contribution in [2.45, 2.75) is 6.92 Å². The Labute approximate surface area is 104 Å². The van der Waals surface area contributed by atoms with Crippen LogP contribution in [-0.4, -0.2) is 9.55 Å². The molecule has 2 heterocycles. The number of aryl methyl sites for hydroxylation is 1. The predicted octanol–water partition coefficient (Wildman–Crippen LogP) is 2.69. The molecule has 1 aromatic carbocycles. The fourth-order valence-corrected chi connectivity index (χ4v) is 2.15. The number of benzene rings is 1. The van der Waals surface area contributed by atoms with E-state index in [1.807, 2.05) is 37.3 Å². The zero-order chi connectivity index (χ0) is 12.5. The van der Waals surface area contributed by atoms with Gasteiger partial charge in [0.2, 0.25) is 0 Å². The van der Waals surface area contributed by atoms with Crippen LogP contribution in [-0.2, 0) is 0 Å². The van der Waals surface area contributed by atoms with E-state index in [1.165, 1.54) is 0 Å². The van der Waals surface area contributed by atoms with Crippen LogP contribution in [0.5, 0.6) is 0 Å². The first-order valence-electron chi connectivity index (χ1n) is 5.79. The van der Waals surface area contributed by atoms with Crippen LogP contribution in [0, 0.1) is 6.92 Å². The van der Waals surface area contributed by atoms with E-state index in [-0.39, 0.29) is 5.56 Å². The zero-order valence-corrected chi connectivity index (χ0v) is 10.00. The molecule has 0 fully saturated rings. The van der Waals surface area contributed by atoms with Gasteiger partial charge in [-0.05, 0) is 30.7 Å². The summed E-state index contributed by atoms with van der Waals surface area (Å²) in [6.07, 6.45) is 3.47. The Bertz CT molecular complexity index is 775. The van der Waals surface area contributed by atoms with Crippen molar-refractivity contribution in [1.29, 1.82) is 0 Å². The Balaban J connectivity index is 2.46. The average Bonchev–Trinajstić information content (AvgIpc) is 2.40. The minimum absolute atomic E-state index is 0.0250. The van der Waals surface area contributed by atoms with Gasteiger partial charge >= 0.3 is 0 Å². The summed E-state index contributed by atoms with van der Waals surface area (Å²) in [6.45, 7) is 2.00. The lowest BCUT2D eigenvalue weighted by molar-refractivity contribution is 1.02. The molecule has 0 aliphatic carbocycles. The SMILES string of the molecule is Cc1ccccc1-n1c(=O)ccc2cnccc21. The fourth-order valence-electron chi connectivity index (χ4n) is 2.15. The second kappa shape index (κ2) is 4.11. The fraction of sp³-hybridized carbons (Fsp3) is 0.0667. The van der Waals surface area contributed by atoms with Gasteiger partial charge in [0.15, 0.2) is 0 Å². The van der Waals surface area contributed by atoms with E-state index < -0.39 is 0 Å². The van der Waals surface area contributed by atoms with Crippen molar-refractivity contribution >= 4 is 10.9 Å². The number of nitrogens with zero attached hydrogens (tertiary/aromatic N) is 2. The molecule has 0 spiro atoms. The Morgan fingerprint density at radius 3 is 2.72 bits per heavy atom. The molecule has 0 aliphatic heterocycles. The molecule has 88 valence electrons. The van der Waals surface area contributed by atoms with Gasteiger partial charge < -0.3 is 0 Å². The first-order chi connectivity index (χ1) is 8.77. The molecule has 3 rings (SSSR count). The van der Waals surface area contributed by atoms with Crippen LogP contribution in [0.4, 0.5) is 0 Å². The maximum Gasteiger partial charge on any atom is 0.255 e. The van der Waals surface area contributed by atoms with Crippen molar-refractivity contribution in [2.24, 2.45) is 0 Å². The summed E-state index contributed by atoms with van der Waals surface area (Å²) in [5, 5.41) is 0.959. The van der Waals surface area contributed by atoms with Gasteiger partial charge in [-0.15, -0.1) is 0 Å². The zero-order valence-electron chi connectivity index (χ0n) is 10.00. The smallest absolute Gasteiger partial charge is 0.255 e. The van der Waals surface area contributed by atoms with E-state index in [2.05, 4.69) is 4.98 Å². The van der Waals surface area contributed by atoms with Crippen LogP contribution in [0.3, 0.4) is 0 Å². The van der Waals surface area contributed by atoms with Gasteiger partial charge in [-0.1, -0.05) is 18.2 Å². The Morgan fingerprint density at radius 1 is 1.06 bits per heavy atom. The molecule has 0 bridgehead atoms. The lowest BCUT2D eigenvalue weighted by Gasteiger charge is -2.11. The molecule has 0 N–H and O–H groups in total. The number of para-hydroxylation sites is 1. The van der Waals surface area contributed by atoms with Crippen LogP contribution in [0.25, 0.3) is 16.6 Å². The van der Waals surface area contributed by atoms with Gasteiger partial charge in [0.05, 0.1) is 11.2 Å². The summed E-state index contributed by atoms with van der Waals surface area (Å²) < 4.78 is 1.73. The number of fused-ring (bicyclic) bond motifs is 1. The van der Waals surface area contributed by atoms with Gasteiger partial charge in [0, 0.05) is 23.8 Å². The van der Waals surface area contributed by atoms with Crippen molar-refractivity contribution in [1.82, 2.24) is 9.55 Å². The molecular formula is C15H12N2O. The largest absolute Gasteiger partial charge is 0.277 e. The summed E-state index contributed by atoms with van der Waals surface area (Å²) in [7, 11) is 0. The van der Waals surface area contributed by atoms with Crippen molar-refractivity contribution in [3.8, 4) is 5.69 Å². The van der Waals surface area contributed by atoms with Gasteiger partial charge in [-0.3, -0.25) is 14.3 Å². The van der Waals surface area contributed by atoms with Crippen molar-refractivity contribution < 1.29 is 0 Å². The number of hydrogen-bond donors (Lipinski definition) is 0. The highest BCUT2D eigenvalue weighted by Gasteiger charge is 2.06. The standard InChI is InChI=1S/C15H12N2O/c1-11-4-2-3-5-13(11)17-14-8-9-16-10-12(14)6-7-15(17)18/h2-10H,1H3. The Hall–Kier alpha value is -2.42. The molecule has 0 aliphatic rings. The van der Waals surface area contributed by atoms with Crippen molar-refractivity contribution in [2.75, 3.05) is 0 Å². The van der Waals surface area contributed by atoms with Gasteiger partial charge in [0.25, 0.3) is 5.56 Å². The summed E-state index contributed by atoms with van der Waals surface area (Å²) in [4.78, 5) is 16.2. The Morgan fingerprint density at radius 2 is 1.89 bits per heavy atom. The summed E-state index contributed by atoms with van der Waals surface area (Å²) in [6, 6.07) is 13.1. The van der Waals surface area contributed by atoms with Crippen LogP contribution in [0.2, 0.25) is 0 Å². The molecule has 3 aromatic rings. The summed E-state index contributed by atoms with van der Waals surface area (Å²) in [5.41, 5.74) is 2.85. The highest BCUT2D eigenvalue weighted by atomic mass is 16.1. The third-order valence-corrected chi connectivity index (χ3v) is 3.05. The van der Waals surface area contributed by atoms with E-state index in [0.717, 1.165) is 22.2 Å². The highest BCUT2D eigenvalue weighted by molar-refractivity contribution is 5.79. The van der Waals surface area contributed by atoms with Gasteiger partial charge in [0.1, 0.15) is 0 Å². The Kier molecular flexibility index (Phi) is 2.45. The van der Waals surface area contributed by atoms with Crippen LogP contribution >= 0.6 is 0 Å². The van der Waals surface area contributed by atoms with Crippen molar-refractivity contribution in [3.05, 3.63) is 70.8 Å². The molecule has 2 aromatic heterocycles. The first-order valence-corrected chi connectivity index (χ1v) is 5.79. The van der Waals surface area contributed by atoms with E-state index in [1.54, 1.807) is 29.1 Å². The topological polar surface area (TPSA) is 34.9 Å². The molecule has 3 nitrogen and oxygen atoms in total. The number of hydrogen-bond acceptors (Lipinski definition) is 2. The molecule has 0 unspecified atom stereocenters. The minimum Gasteiger partial charge on any atom is -0.277 e. The minimum atomic E-state index is -0.0250. The maximum absolute atomic E-state index is 12.1. The molecule has 0 amide bonds. The maximum atomic E-state index is 12.1. The highest BCUT2D eigenvalue weighted by Crippen LogP contribution is 2.17. The molecule has 0 saturated carbocycles. The molecular weight excluding hydrogens is 224 g/mol. The second-order valence-electron chi connectivity index (χ2n) is 4.23. The summed E-state index contributed by atoms with van der Waals surface area (Å²) in [5.74, 6) is 0. The average molecular weight is 236 g/mol. The third kappa shape index (κ3) is 1.61. The van der Waals surface area contributed by atoms with Crippen LogP contribution < -0.4 is 5.56 Å². The van der Waals surface area contributed by atoms with Crippen molar-refractivity contribution in [3.63, 3.8) is 0 Å². The number of rotatable bonds is 1. The monoisotopic (exact) mass is 236 g/mol. The van der Waals surface area contributed by atoms with E-state index in [0.29, 0.717) is 0 Å². The molecule has 3 heteroatoms. The number of pyridine rings is 2. The van der Waals surface area contributed by atoms with Crippen LogP contribution in [0.1, 0.15) is 5.56 Å².